The van der Waals surface area contributed by atoms with Gasteiger partial charge in [0.05, 0.1) is 4.92 Å². The number of fused-ring (bicyclic) bond motifs is 1. The van der Waals surface area contributed by atoms with Crippen molar-refractivity contribution in [2.24, 2.45) is 0 Å². The topological polar surface area (TPSA) is 87.9 Å². The van der Waals surface area contributed by atoms with Crippen LogP contribution < -0.4 is 9.47 Å². The lowest BCUT2D eigenvalue weighted by molar-refractivity contribution is -0.385. The largest absolute Gasteiger partial charge is 0.488 e. The van der Waals surface area contributed by atoms with Crippen molar-refractivity contribution >= 4 is 17.7 Å². The maximum atomic E-state index is 15.2. The van der Waals surface area contributed by atoms with Gasteiger partial charge in [-0.15, -0.1) is 0 Å². The minimum atomic E-state index is -0.997. The minimum Gasteiger partial charge on any atom is -0.488 e. The van der Waals surface area contributed by atoms with Crippen molar-refractivity contribution < 1.29 is 28.3 Å². The van der Waals surface area contributed by atoms with Gasteiger partial charge in [-0.1, -0.05) is 66.7 Å². The molecule has 1 atom stereocenters. The number of nitrogens with zero attached hydrogens (tertiary/aromatic N) is 1. The van der Waals surface area contributed by atoms with Gasteiger partial charge in [0.2, 0.25) is 5.75 Å². The van der Waals surface area contributed by atoms with Gasteiger partial charge in [-0.25, -0.2) is 4.39 Å². The lowest BCUT2D eigenvalue weighted by Gasteiger charge is -2.28. The molecule has 0 aliphatic carbocycles. The molecule has 0 aromatic heterocycles. The number of carbonyl (C=O) groups is 1. The first kappa shape index (κ1) is 25.7. The smallest absolute Gasteiger partial charge is 0.312 e. The van der Waals surface area contributed by atoms with Crippen LogP contribution in [-0.2, 0) is 22.7 Å². The molecular weight excluding hydrogens is 501 g/mol. The van der Waals surface area contributed by atoms with Gasteiger partial charge in [0.1, 0.15) is 25.4 Å². The van der Waals surface area contributed by atoms with Crippen LogP contribution in [0.4, 0.5) is 10.1 Å². The number of nitro groups is 1. The quantitative estimate of drug-likeness (QED) is 0.134. The summed E-state index contributed by atoms with van der Waals surface area (Å²) in [6.07, 6.45) is 0.651. The predicted octanol–water partition coefficient (Wildman–Crippen LogP) is 6.88. The summed E-state index contributed by atoms with van der Waals surface area (Å²) in [7, 11) is 0. The van der Waals surface area contributed by atoms with Crippen LogP contribution >= 0.6 is 0 Å². The molecule has 0 N–H and O–H groups in total. The molecule has 0 bridgehead atoms. The van der Waals surface area contributed by atoms with Crippen LogP contribution in [0.2, 0.25) is 0 Å². The van der Waals surface area contributed by atoms with E-state index in [0.29, 0.717) is 17.4 Å². The van der Waals surface area contributed by atoms with E-state index in [0.717, 1.165) is 11.1 Å². The molecule has 4 aromatic rings. The van der Waals surface area contributed by atoms with E-state index in [4.69, 9.17) is 14.2 Å². The highest BCUT2D eigenvalue weighted by Crippen LogP contribution is 2.47. The van der Waals surface area contributed by atoms with Gasteiger partial charge in [0.25, 0.3) is 0 Å². The monoisotopic (exact) mass is 525 g/mol. The van der Waals surface area contributed by atoms with Crippen LogP contribution in [0.3, 0.4) is 0 Å². The van der Waals surface area contributed by atoms with E-state index >= 15 is 4.39 Å². The van der Waals surface area contributed by atoms with Gasteiger partial charge in [-0.05, 0) is 41.8 Å². The van der Waals surface area contributed by atoms with E-state index < -0.39 is 16.7 Å². The molecule has 8 heteroatoms. The summed E-state index contributed by atoms with van der Waals surface area (Å²) in [6, 6.07) is 25.9. The molecule has 5 rings (SSSR count). The number of rotatable bonds is 9. The number of ether oxygens (including phenoxy) is 3. The van der Waals surface area contributed by atoms with E-state index in [1.807, 2.05) is 60.7 Å². The zero-order valence-corrected chi connectivity index (χ0v) is 21.0. The van der Waals surface area contributed by atoms with E-state index in [2.05, 4.69) is 0 Å². The second-order valence-corrected chi connectivity index (χ2v) is 9.06. The van der Waals surface area contributed by atoms with Crippen molar-refractivity contribution in [2.45, 2.75) is 26.1 Å². The Bertz CT molecular complexity index is 1550. The predicted molar refractivity (Wildman–Crippen MR) is 143 cm³/mol. The van der Waals surface area contributed by atoms with Crippen LogP contribution in [0.1, 0.15) is 33.7 Å². The Kier molecular flexibility index (Phi) is 7.36. The van der Waals surface area contributed by atoms with Crippen molar-refractivity contribution in [3.63, 3.8) is 0 Å². The summed E-state index contributed by atoms with van der Waals surface area (Å²) in [6.45, 7) is 1.98. The maximum absolute atomic E-state index is 15.2. The first-order valence-corrected chi connectivity index (χ1v) is 12.2. The molecule has 1 unspecified atom stereocenters. The molecule has 0 amide bonds. The Morgan fingerprint density at radius 1 is 0.923 bits per heavy atom. The highest BCUT2D eigenvalue weighted by Gasteiger charge is 2.37. The Morgan fingerprint density at radius 3 is 2.15 bits per heavy atom. The summed E-state index contributed by atoms with van der Waals surface area (Å²) in [5, 5.41) is 11.9. The number of carbonyl (C=O) groups excluding carboxylic acids is 1. The normalized spacial score (nSPS) is 14.3. The van der Waals surface area contributed by atoms with Crippen LogP contribution in [0.5, 0.6) is 11.5 Å². The Hall–Kier alpha value is -4.98. The molecule has 1 aliphatic rings. The first-order chi connectivity index (χ1) is 18.9. The summed E-state index contributed by atoms with van der Waals surface area (Å²) in [4.78, 5) is 23.7. The first-order valence-electron chi connectivity index (χ1n) is 12.2. The summed E-state index contributed by atoms with van der Waals surface area (Å²) < 4.78 is 33.0. The van der Waals surface area contributed by atoms with Crippen molar-refractivity contribution in [3.05, 3.63) is 141 Å². The average molecular weight is 526 g/mol. The van der Waals surface area contributed by atoms with Gasteiger partial charge >= 0.3 is 5.69 Å². The van der Waals surface area contributed by atoms with Gasteiger partial charge in [-0.3, -0.25) is 10.1 Å². The number of hydrogen-bond acceptors (Lipinski definition) is 6. The fraction of sp³-hybridized carbons (Fsp3) is 0.129. The van der Waals surface area contributed by atoms with Crippen molar-refractivity contribution in [1.29, 1.82) is 0 Å². The van der Waals surface area contributed by atoms with E-state index in [-0.39, 0.29) is 47.5 Å². The van der Waals surface area contributed by atoms with Gasteiger partial charge in [0.15, 0.2) is 23.1 Å². The van der Waals surface area contributed by atoms with E-state index in [1.54, 1.807) is 19.1 Å². The molecule has 0 saturated heterocycles. The van der Waals surface area contributed by atoms with Crippen molar-refractivity contribution in [1.82, 2.24) is 0 Å². The molecule has 39 heavy (non-hydrogen) atoms. The maximum Gasteiger partial charge on any atom is 0.312 e. The highest BCUT2D eigenvalue weighted by atomic mass is 19.1. The van der Waals surface area contributed by atoms with Crippen molar-refractivity contribution in [3.8, 4) is 11.5 Å². The fourth-order valence-corrected chi connectivity index (χ4v) is 4.42. The average Bonchev–Trinajstić information content (AvgIpc) is 2.95. The number of nitro benzene ring substituents is 1. The van der Waals surface area contributed by atoms with Gasteiger partial charge < -0.3 is 19.0 Å². The molecule has 7 nitrogen and oxygen atoms in total. The molecule has 0 spiro atoms. The van der Waals surface area contributed by atoms with Crippen LogP contribution in [0, 0.1) is 22.9 Å². The SMILES string of the molecule is Cc1cc2c(c([N+](=O)[O-])c1)OC(c1ccc(OCc3ccccc3)c(F)c1)=C(OCc1ccccc1)C2C=O. The number of hydrogen-bond donors (Lipinski definition) is 0. The lowest BCUT2D eigenvalue weighted by Crippen LogP contribution is -2.19. The Balaban J connectivity index is 1.55. The third-order valence-corrected chi connectivity index (χ3v) is 6.29. The molecule has 0 saturated carbocycles. The standard InChI is InChI=1S/C31H24FNO6/c1-20-14-24-25(17-34)31(38-19-22-10-6-3-7-11-22)29(39-30(24)27(15-20)33(35)36)23-12-13-28(26(32)16-23)37-18-21-8-4-2-5-9-21/h2-17,25H,18-19H2,1H3. The molecule has 4 aromatic carbocycles. The second-order valence-electron chi connectivity index (χ2n) is 9.06. The molecule has 0 radical (unpaired) electrons. The number of allylic oxidation sites excluding steroid dienone is 1. The zero-order chi connectivity index (χ0) is 27.4. The third kappa shape index (κ3) is 5.50. The second kappa shape index (κ2) is 11.2. The number of aldehydes is 1. The summed E-state index contributed by atoms with van der Waals surface area (Å²) >= 11 is 0. The fourth-order valence-electron chi connectivity index (χ4n) is 4.42. The molecule has 0 fully saturated rings. The van der Waals surface area contributed by atoms with Crippen molar-refractivity contribution in [2.75, 3.05) is 0 Å². The van der Waals surface area contributed by atoms with Crippen LogP contribution in [0.25, 0.3) is 5.76 Å². The number of aryl methyl sites for hydroxylation is 1. The number of halogens is 1. The lowest BCUT2D eigenvalue weighted by atomic mass is 9.91. The van der Waals surface area contributed by atoms with Crippen LogP contribution in [-0.4, -0.2) is 11.2 Å². The molecular formula is C31H24FNO6. The van der Waals surface area contributed by atoms with Gasteiger partial charge in [-0.2, -0.15) is 0 Å². The van der Waals surface area contributed by atoms with E-state index in [1.165, 1.54) is 18.2 Å². The summed E-state index contributed by atoms with van der Waals surface area (Å²) in [5.41, 5.74) is 2.57. The van der Waals surface area contributed by atoms with Crippen LogP contribution in [0.15, 0.2) is 96.8 Å². The third-order valence-electron chi connectivity index (χ3n) is 6.29. The van der Waals surface area contributed by atoms with E-state index in [9.17, 15) is 14.9 Å². The van der Waals surface area contributed by atoms with Gasteiger partial charge in [0, 0.05) is 17.2 Å². The molecule has 1 aliphatic heterocycles. The molecule has 1 heterocycles. The highest BCUT2D eigenvalue weighted by molar-refractivity contribution is 5.81. The molecule has 196 valence electrons. The minimum absolute atomic E-state index is 0.0241. The summed E-state index contributed by atoms with van der Waals surface area (Å²) in [5.74, 6) is -1.54. The Labute approximate surface area is 224 Å². The number of benzene rings is 4. The zero-order valence-electron chi connectivity index (χ0n) is 21.0. The Morgan fingerprint density at radius 2 is 1.56 bits per heavy atom.